The van der Waals surface area contributed by atoms with Crippen molar-refractivity contribution in [3.05, 3.63) is 0 Å². The molecular weight excluding hydrogens is 224 g/mol. The van der Waals surface area contributed by atoms with Crippen LogP contribution in [0.15, 0.2) is 0 Å². The van der Waals surface area contributed by atoms with Gasteiger partial charge in [0.1, 0.15) is 5.60 Å². The Morgan fingerprint density at radius 3 is 2.50 bits per heavy atom. The fourth-order valence-electron chi connectivity index (χ4n) is 3.89. The number of rotatable bonds is 5. The fourth-order valence-corrected chi connectivity index (χ4v) is 3.89. The summed E-state index contributed by atoms with van der Waals surface area (Å²) >= 11 is 0. The van der Waals surface area contributed by atoms with Gasteiger partial charge in [-0.05, 0) is 38.0 Å². The second kappa shape index (κ2) is 5.22. The maximum absolute atomic E-state index is 11.7. The van der Waals surface area contributed by atoms with Crippen LogP contribution in [0.5, 0.6) is 0 Å². The van der Waals surface area contributed by atoms with Crippen LogP contribution in [0.25, 0.3) is 0 Å². The Bertz CT molecular complexity index is 302. The maximum atomic E-state index is 11.7. The van der Waals surface area contributed by atoms with Crippen LogP contribution in [0.2, 0.25) is 0 Å². The zero-order valence-electron chi connectivity index (χ0n) is 12.3. The molecule has 0 radical (unpaired) electrons. The Morgan fingerprint density at radius 2 is 1.89 bits per heavy atom. The van der Waals surface area contributed by atoms with Gasteiger partial charge in [0.15, 0.2) is 0 Å². The van der Waals surface area contributed by atoms with Gasteiger partial charge >= 0.3 is 5.97 Å². The molecule has 2 fully saturated rings. The van der Waals surface area contributed by atoms with E-state index in [1.807, 2.05) is 0 Å². The lowest BCUT2D eigenvalue weighted by atomic mass is 9.68. The van der Waals surface area contributed by atoms with Gasteiger partial charge in [0, 0.05) is 5.41 Å². The predicted molar refractivity (Wildman–Crippen MR) is 73.3 cm³/mol. The van der Waals surface area contributed by atoms with Crippen molar-refractivity contribution in [2.24, 2.45) is 11.3 Å². The highest BCUT2D eigenvalue weighted by molar-refractivity contribution is 5.74. The molecule has 0 bridgehead atoms. The minimum absolute atomic E-state index is 0.0447. The normalized spacial score (nSPS) is 30.3. The summed E-state index contributed by atoms with van der Waals surface area (Å²) in [4.78, 5) is 11.7. The monoisotopic (exact) mass is 252 g/mol. The molecule has 2 aliphatic rings. The third-order valence-electron chi connectivity index (χ3n) is 5.11. The van der Waals surface area contributed by atoms with Crippen LogP contribution >= 0.6 is 0 Å². The van der Waals surface area contributed by atoms with Crippen LogP contribution < -0.4 is 0 Å². The van der Waals surface area contributed by atoms with Crippen molar-refractivity contribution >= 4 is 5.97 Å². The number of ether oxygens (including phenoxy) is 1. The van der Waals surface area contributed by atoms with Gasteiger partial charge in [0.25, 0.3) is 0 Å². The minimum atomic E-state index is -0.0953. The average Bonchev–Trinajstić information content (AvgIpc) is 2.82. The van der Waals surface area contributed by atoms with Gasteiger partial charge in [0.05, 0.1) is 6.42 Å². The first kappa shape index (κ1) is 13.9. The number of carbonyl (C=O) groups is 1. The molecule has 1 unspecified atom stereocenters. The van der Waals surface area contributed by atoms with Crippen molar-refractivity contribution in [2.45, 2.75) is 84.2 Å². The van der Waals surface area contributed by atoms with Gasteiger partial charge in [-0.1, -0.05) is 40.0 Å². The maximum Gasteiger partial charge on any atom is 0.307 e. The van der Waals surface area contributed by atoms with Crippen molar-refractivity contribution < 1.29 is 9.53 Å². The van der Waals surface area contributed by atoms with Crippen LogP contribution in [0.1, 0.15) is 78.6 Å². The molecule has 2 nitrogen and oxygen atoms in total. The highest BCUT2D eigenvalue weighted by atomic mass is 16.6. The first-order valence-corrected chi connectivity index (χ1v) is 7.69. The molecule has 1 aliphatic carbocycles. The quantitative estimate of drug-likeness (QED) is 0.533. The Kier molecular flexibility index (Phi) is 4.03. The van der Waals surface area contributed by atoms with Crippen LogP contribution in [0, 0.1) is 11.3 Å². The van der Waals surface area contributed by atoms with Crippen LogP contribution in [-0.2, 0) is 9.53 Å². The summed E-state index contributed by atoms with van der Waals surface area (Å²) in [6.45, 7) is 6.85. The summed E-state index contributed by atoms with van der Waals surface area (Å²) in [5, 5.41) is 0. The Labute approximate surface area is 111 Å². The summed E-state index contributed by atoms with van der Waals surface area (Å²) in [7, 11) is 0. The van der Waals surface area contributed by atoms with E-state index in [1.54, 1.807) is 0 Å². The highest BCUT2D eigenvalue weighted by Crippen LogP contribution is 2.55. The van der Waals surface area contributed by atoms with Gasteiger partial charge in [-0.2, -0.15) is 0 Å². The molecular formula is C16H28O2. The molecule has 1 heterocycles. The van der Waals surface area contributed by atoms with E-state index in [0.717, 1.165) is 25.2 Å². The second-order valence-electron chi connectivity index (χ2n) is 7.05. The largest absolute Gasteiger partial charge is 0.458 e. The molecule has 0 aromatic heterocycles. The lowest BCUT2D eigenvalue weighted by Gasteiger charge is -2.38. The number of unbranched alkanes of at least 4 members (excludes halogenated alkanes) is 1. The van der Waals surface area contributed by atoms with Gasteiger partial charge in [-0.3, -0.25) is 4.79 Å². The lowest BCUT2D eigenvalue weighted by Crippen LogP contribution is -2.40. The summed E-state index contributed by atoms with van der Waals surface area (Å²) < 4.78 is 5.76. The molecule has 0 amide bonds. The molecule has 1 saturated heterocycles. The predicted octanol–water partition coefficient (Wildman–Crippen LogP) is 4.47. The first-order valence-electron chi connectivity index (χ1n) is 7.69. The number of carbonyl (C=O) groups excluding carboxylic acids is 1. The SMILES string of the molecule is CC(C)CCCCC1(C)CC(=O)OC12CCCC2. The number of hydrogen-bond acceptors (Lipinski definition) is 2. The molecule has 1 atom stereocenters. The Hall–Kier alpha value is -0.530. The molecule has 1 aliphatic heterocycles. The Balaban J connectivity index is 1.93. The van der Waals surface area contributed by atoms with E-state index in [4.69, 9.17) is 4.74 Å². The standard InChI is InChI=1S/C16H28O2/c1-13(2)8-4-5-9-15(3)12-14(17)18-16(15)10-6-7-11-16/h13H,4-12H2,1-3H3. The van der Waals surface area contributed by atoms with E-state index in [-0.39, 0.29) is 17.0 Å². The van der Waals surface area contributed by atoms with Gasteiger partial charge in [0.2, 0.25) is 0 Å². The third-order valence-corrected chi connectivity index (χ3v) is 5.11. The molecule has 0 N–H and O–H groups in total. The summed E-state index contributed by atoms with van der Waals surface area (Å²) in [5.74, 6) is 0.836. The van der Waals surface area contributed by atoms with Gasteiger partial charge < -0.3 is 4.74 Å². The van der Waals surface area contributed by atoms with E-state index in [0.29, 0.717) is 6.42 Å². The first-order chi connectivity index (χ1) is 8.47. The van der Waals surface area contributed by atoms with E-state index >= 15 is 0 Å². The van der Waals surface area contributed by atoms with E-state index in [9.17, 15) is 4.79 Å². The molecule has 1 spiro atoms. The molecule has 0 aromatic rings. The summed E-state index contributed by atoms with van der Waals surface area (Å²) in [5.41, 5.74) is 0.0134. The topological polar surface area (TPSA) is 26.3 Å². The van der Waals surface area contributed by atoms with Gasteiger partial charge in [-0.25, -0.2) is 0 Å². The van der Waals surface area contributed by atoms with Crippen molar-refractivity contribution in [1.29, 1.82) is 0 Å². The fraction of sp³-hybridized carbons (Fsp3) is 0.938. The molecule has 18 heavy (non-hydrogen) atoms. The van der Waals surface area contributed by atoms with Crippen molar-refractivity contribution in [3.8, 4) is 0 Å². The zero-order chi connectivity index (χ0) is 13.2. The van der Waals surface area contributed by atoms with Crippen molar-refractivity contribution in [1.82, 2.24) is 0 Å². The lowest BCUT2D eigenvalue weighted by molar-refractivity contribution is -0.151. The molecule has 0 aromatic carbocycles. The van der Waals surface area contributed by atoms with Crippen molar-refractivity contribution in [2.75, 3.05) is 0 Å². The second-order valence-corrected chi connectivity index (χ2v) is 7.05. The third kappa shape index (κ3) is 2.57. The number of esters is 1. The molecule has 2 heteroatoms. The van der Waals surface area contributed by atoms with Crippen molar-refractivity contribution in [3.63, 3.8) is 0 Å². The summed E-state index contributed by atoms with van der Waals surface area (Å²) in [6.07, 6.45) is 10.3. The van der Waals surface area contributed by atoms with Crippen LogP contribution in [0.4, 0.5) is 0 Å². The van der Waals surface area contributed by atoms with E-state index in [1.165, 1.54) is 32.1 Å². The smallest absolute Gasteiger partial charge is 0.307 e. The van der Waals surface area contributed by atoms with E-state index in [2.05, 4.69) is 20.8 Å². The average molecular weight is 252 g/mol. The highest BCUT2D eigenvalue weighted by Gasteiger charge is 2.57. The van der Waals surface area contributed by atoms with Crippen LogP contribution in [0.3, 0.4) is 0 Å². The zero-order valence-corrected chi connectivity index (χ0v) is 12.3. The Morgan fingerprint density at radius 1 is 1.22 bits per heavy atom. The van der Waals surface area contributed by atoms with E-state index < -0.39 is 0 Å². The summed E-state index contributed by atoms with van der Waals surface area (Å²) in [6, 6.07) is 0. The molecule has 1 saturated carbocycles. The number of hydrogen-bond donors (Lipinski definition) is 0. The minimum Gasteiger partial charge on any atom is -0.458 e. The van der Waals surface area contributed by atoms with Gasteiger partial charge in [-0.15, -0.1) is 0 Å². The van der Waals surface area contributed by atoms with Crippen LogP contribution in [-0.4, -0.2) is 11.6 Å². The molecule has 104 valence electrons. The molecule has 2 rings (SSSR count).